The molecule has 0 saturated heterocycles. The van der Waals surface area contributed by atoms with Gasteiger partial charge in [-0.05, 0) is 32.4 Å². The van der Waals surface area contributed by atoms with Crippen LogP contribution in [-0.2, 0) is 0 Å². The van der Waals surface area contributed by atoms with Crippen LogP contribution < -0.4 is 5.73 Å². The first-order chi connectivity index (χ1) is 8.44. The van der Waals surface area contributed by atoms with Crippen LogP contribution >= 0.6 is 0 Å². The third-order valence-corrected chi connectivity index (χ3v) is 3.50. The Morgan fingerprint density at radius 1 is 1.17 bits per heavy atom. The van der Waals surface area contributed by atoms with Gasteiger partial charge in [0, 0.05) is 12.0 Å². The number of rotatable bonds is 11. The summed E-state index contributed by atoms with van der Waals surface area (Å²) in [7, 11) is 0. The monoisotopic (exact) mass is 257 g/mol. The smallest absolute Gasteiger partial charge is 0.0963 e. The van der Waals surface area contributed by atoms with Crippen molar-refractivity contribution in [2.75, 3.05) is 26.2 Å². The fourth-order valence-corrected chi connectivity index (χ4v) is 1.90. The molecule has 4 N–H and O–H groups in total. The number of aliphatic hydroxyl groups excluding tert-OH is 1. The summed E-state index contributed by atoms with van der Waals surface area (Å²) in [5, 5.41) is 16.5. The van der Waals surface area contributed by atoms with Crippen LogP contribution in [0.5, 0.6) is 0 Å². The molecule has 0 aromatic carbocycles. The van der Waals surface area contributed by atoms with Crippen LogP contribution in [0.15, 0.2) is 0 Å². The molecule has 0 atom stereocenters. The third-order valence-electron chi connectivity index (χ3n) is 3.50. The highest BCUT2D eigenvalue weighted by molar-refractivity contribution is 5.82. The quantitative estimate of drug-likeness (QED) is 0.302. The minimum absolute atomic E-state index is 0.175. The molecule has 0 aliphatic carbocycles. The number of hydrogen-bond acceptors (Lipinski definition) is 3. The molecule has 0 saturated carbocycles. The van der Waals surface area contributed by atoms with Crippen molar-refractivity contribution in [1.82, 2.24) is 4.90 Å². The van der Waals surface area contributed by atoms with E-state index in [0.29, 0.717) is 0 Å². The molecule has 0 aromatic rings. The Labute approximate surface area is 112 Å². The van der Waals surface area contributed by atoms with Gasteiger partial charge in [0.25, 0.3) is 0 Å². The molecule has 108 valence electrons. The lowest BCUT2D eigenvalue weighted by molar-refractivity contribution is 0.190. The van der Waals surface area contributed by atoms with Gasteiger partial charge in [0.1, 0.15) is 0 Å². The Bertz CT molecular complexity index is 229. The van der Waals surface area contributed by atoms with Gasteiger partial charge in [0.15, 0.2) is 0 Å². The summed E-state index contributed by atoms with van der Waals surface area (Å²) in [6.07, 6.45) is 5.54. The number of unbranched alkanes of at least 4 members (excludes halogenated alkanes) is 2. The van der Waals surface area contributed by atoms with E-state index in [-0.39, 0.29) is 17.9 Å². The van der Waals surface area contributed by atoms with Crippen molar-refractivity contribution in [3.8, 4) is 0 Å². The predicted molar refractivity (Wildman–Crippen MR) is 78.0 cm³/mol. The van der Waals surface area contributed by atoms with E-state index < -0.39 is 0 Å². The molecule has 4 heteroatoms. The maximum atomic E-state index is 9.01. The van der Waals surface area contributed by atoms with Crippen LogP contribution in [0.3, 0.4) is 0 Å². The van der Waals surface area contributed by atoms with Crippen molar-refractivity contribution in [3.63, 3.8) is 0 Å². The second-order valence-corrected chi connectivity index (χ2v) is 5.67. The third kappa shape index (κ3) is 7.67. The van der Waals surface area contributed by atoms with Crippen LogP contribution in [-0.4, -0.2) is 42.1 Å². The van der Waals surface area contributed by atoms with Gasteiger partial charge >= 0.3 is 0 Å². The molecule has 18 heavy (non-hydrogen) atoms. The van der Waals surface area contributed by atoms with E-state index >= 15 is 0 Å². The van der Waals surface area contributed by atoms with Crippen molar-refractivity contribution in [1.29, 1.82) is 5.41 Å². The fraction of sp³-hybridized carbons (Fsp3) is 0.929. The van der Waals surface area contributed by atoms with Gasteiger partial charge in [0.05, 0.1) is 12.4 Å². The molecule has 0 heterocycles. The van der Waals surface area contributed by atoms with Gasteiger partial charge in [0.2, 0.25) is 0 Å². The molecular weight excluding hydrogens is 226 g/mol. The zero-order valence-electron chi connectivity index (χ0n) is 12.3. The molecule has 0 fully saturated rings. The van der Waals surface area contributed by atoms with Crippen LogP contribution in [0.2, 0.25) is 0 Å². The van der Waals surface area contributed by atoms with Crippen molar-refractivity contribution in [3.05, 3.63) is 0 Å². The Morgan fingerprint density at radius 2 is 1.78 bits per heavy atom. The largest absolute Gasteiger partial charge is 0.395 e. The molecular formula is C14H31N3O. The second kappa shape index (κ2) is 9.34. The zero-order valence-corrected chi connectivity index (χ0v) is 12.3. The summed E-state index contributed by atoms with van der Waals surface area (Å²) >= 11 is 0. The summed E-state index contributed by atoms with van der Waals surface area (Å²) in [6, 6.07) is 0. The predicted octanol–water partition coefficient (Wildman–Crippen LogP) is 2.21. The van der Waals surface area contributed by atoms with Gasteiger partial charge in [-0.3, -0.25) is 5.41 Å². The summed E-state index contributed by atoms with van der Waals surface area (Å²) in [5.74, 6) is 0.278. The number of amidine groups is 1. The molecule has 0 rings (SSSR count). The minimum Gasteiger partial charge on any atom is -0.395 e. The Kier molecular flexibility index (Phi) is 9.02. The lowest BCUT2D eigenvalue weighted by Crippen LogP contribution is -2.32. The van der Waals surface area contributed by atoms with Crippen molar-refractivity contribution in [2.24, 2.45) is 11.1 Å². The van der Waals surface area contributed by atoms with E-state index in [2.05, 4.69) is 11.8 Å². The van der Waals surface area contributed by atoms with Crippen LogP contribution in [0.4, 0.5) is 0 Å². The topological polar surface area (TPSA) is 73.3 Å². The zero-order chi connectivity index (χ0) is 14.0. The van der Waals surface area contributed by atoms with Gasteiger partial charge in [-0.1, -0.05) is 33.6 Å². The SMILES string of the molecule is CCCCN(CCO)CCCCC(C)(C)C(=N)N. The number of nitrogens with zero attached hydrogens (tertiary/aromatic N) is 1. The van der Waals surface area contributed by atoms with Crippen molar-refractivity contribution in [2.45, 2.75) is 52.9 Å². The van der Waals surface area contributed by atoms with E-state index in [0.717, 1.165) is 38.9 Å². The van der Waals surface area contributed by atoms with Gasteiger partial charge in [-0.25, -0.2) is 0 Å². The van der Waals surface area contributed by atoms with E-state index in [4.69, 9.17) is 16.2 Å². The molecule has 0 radical (unpaired) electrons. The second-order valence-electron chi connectivity index (χ2n) is 5.67. The van der Waals surface area contributed by atoms with Gasteiger partial charge in [-0.2, -0.15) is 0 Å². The van der Waals surface area contributed by atoms with Gasteiger partial charge < -0.3 is 15.7 Å². The van der Waals surface area contributed by atoms with Gasteiger partial charge in [-0.15, -0.1) is 0 Å². The maximum Gasteiger partial charge on any atom is 0.0963 e. The first kappa shape index (κ1) is 17.4. The molecule has 0 aliphatic heterocycles. The Balaban J connectivity index is 3.81. The first-order valence-electron chi connectivity index (χ1n) is 7.11. The molecule has 0 bridgehead atoms. The molecule has 0 spiro atoms. The number of aliphatic hydroxyl groups is 1. The first-order valence-corrected chi connectivity index (χ1v) is 7.11. The fourth-order valence-electron chi connectivity index (χ4n) is 1.90. The van der Waals surface area contributed by atoms with Crippen molar-refractivity contribution < 1.29 is 5.11 Å². The lowest BCUT2D eigenvalue weighted by Gasteiger charge is -2.24. The Morgan fingerprint density at radius 3 is 2.28 bits per heavy atom. The highest BCUT2D eigenvalue weighted by Gasteiger charge is 2.20. The standard InChI is InChI=1S/C14H31N3O/c1-4-5-9-17(11-12-18)10-7-6-8-14(2,3)13(15)16/h18H,4-12H2,1-3H3,(H3,15,16). The highest BCUT2D eigenvalue weighted by atomic mass is 16.3. The molecule has 0 unspecified atom stereocenters. The van der Waals surface area contributed by atoms with E-state index in [9.17, 15) is 0 Å². The van der Waals surface area contributed by atoms with Crippen LogP contribution in [0, 0.1) is 10.8 Å². The molecule has 0 aromatic heterocycles. The highest BCUT2D eigenvalue weighted by Crippen LogP contribution is 2.22. The molecule has 0 amide bonds. The minimum atomic E-state index is -0.175. The average molecular weight is 257 g/mol. The summed E-state index contributed by atoms with van der Waals surface area (Å²) in [6.45, 7) is 9.36. The summed E-state index contributed by atoms with van der Waals surface area (Å²) in [4.78, 5) is 2.32. The van der Waals surface area contributed by atoms with Crippen LogP contribution in [0.1, 0.15) is 52.9 Å². The van der Waals surface area contributed by atoms with E-state index in [1.165, 1.54) is 12.8 Å². The average Bonchev–Trinajstić information content (AvgIpc) is 2.31. The van der Waals surface area contributed by atoms with E-state index in [1.54, 1.807) is 0 Å². The van der Waals surface area contributed by atoms with E-state index in [1.807, 2.05) is 13.8 Å². The number of nitrogens with two attached hydrogens (primary N) is 1. The number of nitrogens with one attached hydrogen (secondary N) is 1. The summed E-state index contributed by atoms with van der Waals surface area (Å²) < 4.78 is 0. The number of hydrogen-bond donors (Lipinski definition) is 3. The van der Waals surface area contributed by atoms with Crippen molar-refractivity contribution >= 4 is 5.84 Å². The summed E-state index contributed by atoms with van der Waals surface area (Å²) in [5.41, 5.74) is 5.39. The maximum absolute atomic E-state index is 9.01. The molecule has 4 nitrogen and oxygen atoms in total. The Hall–Kier alpha value is -0.610. The molecule has 0 aliphatic rings. The lowest BCUT2D eigenvalue weighted by atomic mass is 9.86. The normalized spacial score (nSPS) is 12.1. The van der Waals surface area contributed by atoms with Crippen LogP contribution in [0.25, 0.3) is 0 Å².